The summed E-state index contributed by atoms with van der Waals surface area (Å²) in [6.45, 7) is 2.10. The summed E-state index contributed by atoms with van der Waals surface area (Å²) in [5, 5.41) is 3.98. The predicted octanol–water partition coefficient (Wildman–Crippen LogP) is 0.557. The van der Waals surface area contributed by atoms with Crippen LogP contribution in [0.3, 0.4) is 0 Å². The number of benzene rings is 1. The van der Waals surface area contributed by atoms with E-state index in [-0.39, 0.29) is 23.7 Å². The lowest BCUT2D eigenvalue weighted by Crippen LogP contribution is -2.29. The maximum Gasteiger partial charge on any atom is 0.240 e. The zero-order chi connectivity index (χ0) is 14.8. The van der Waals surface area contributed by atoms with Crippen molar-refractivity contribution in [3.05, 3.63) is 42.0 Å². The van der Waals surface area contributed by atoms with Gasteiger partial charge in [-0.15, -0.1) is 0 Å². The molecular weight excluding hydrogens is 283 g/mol. The minimum absolute atomic E-state index is 0.101. The Balaban J connectivity index is 2.35. The lowest BCUT2D eigenvalue weighted by Gasteiger charge is -2.08. The van der Waals surface area contributed by atoms with Gasteiger partial charge in [0.15, 0.2) is 0 Å². The topological polar surface area (TPSA) is 90.0 Å². The number of aromatic nitrogens is 2. The van der Waals surface area contributed by atoms with E-state index in [1.807, 2.05) is 6.92 Å². The van der Waals surface area contributed by atoms with Gasteiger partial charge in [-0.2, -0.15) is 5.10 Å². The SMILES string of the molecule is Cc1cnn(-c2ccc(S(=O)(=O)NCCN)cc2F)c1. The van der Waals surface area contributed by atoms with Gasteiger partial charge in [-0.05, 0) is 30.7 Å². The number of nitrogens with two attached hydrogens (primary N) is 1. The Morgan fingerprint density at radius 3 is 2.75 bits per heavy atom. The first-order valence-corrected chi connectivity index (χ1v) is 7.43. The van der Waals surface area contributed by atoms with E-state index < -0.39 is 15.8 Å². The van der Waals surface area contributed by atoms with Crippen molar-refractivity contribution in [2.75, 3.05) is 13.1 Å². The number of aryl methyl sites for hydroxylation is 1. The average Bonchev–Trinajstić information content (AvgIpc) is 2.82. The van der Waals surface area contributed by atoms with Crippen molar-refractivity contribution < 1.29 is 12.8 Å². The normalized spacial score (nSPS) is 11.8. The fourth-order valence-corrected chi connectivity index (χ4v) is 2.72. The Bertz CT molecular complexity index is 712. The van der Waals surface area contributed by atoms with E-state index in [4.69, 9.17) is 5.73 Å². The zero-order valence-electron chi connectivity index (χ0n) is 10.9. The molecule has 0 spiro atoms. The van der Waals surface area contributed by atoms with Crippen LogP contribution in [-0.4, -0.2) is 31.3 Å². The number of nitrogens with one attached hydrogen (secondary N) is 1. The molecule has 0 unspecified atom stereocenters. The number of hydrogen-bond acceptors (Lipinski definition) is 4. The van der Waals surface area contributed by atoms with E-state index >= 15 is 0 Å². The van der Waals surface area contributed by atoms with Crippen molar-refractivity contribution in [1.82, 2.24) is 14.5 Å². The van der Waals surface area contributed by atoms with Crippen molar-refractivity contribution in [3.63, 3.8) is 0 Å². The highest BCUT2D eigenvalue weighted by Gasteiger charge is 2.16. The van der Waals surface area contributed by atoms with Crippen molar-refractivity contribution >= 4 is 10.0 Å². The second kappa shape index (κ2) is 5.70. The lowest BCUT2D eigenvalue weighted by molar-refractivity contribution is 0.576. The molecule has 1 aromatic heterocycles. The molecule has 0 atom stereocenters. The van der Waals surface area contributed by atoms with Crippen LogP contribution < -0.4 is 10.5 Å². The van der Waals surface area contributed by atoms with E-state index in [2.05, 4.69) is 9.82 Å². The third-order valence-corrected chi connectivity index (χ3v) is 4.08. The van der Waals surface area contributed by atoms with Crippen LogP contribution in [-0.2, 0) is 10.0 Å². The summed E-state index contributed by atoms with van der Waals surface area (Å²) in [6, 6.07) is 3.66. The molecule has 0 aliphatic carbocycles. The Hall–Kier alpha value is -1.77. The Morgan fingerprint density at radius 2 is 2.20 bits per heavy atom. The highest BCUT2D eigenvalue weighted by atomic mass is 32.2. The Labute approximate surface area is 116 Å². The van der Waals surface area contributed by atoms with E-state index in [9.17, 15) is 12.8 Å². The molecule has 0 amide bonds. The van der Waals surface area contributed by atoms with Crippen LogP contribution in [0, 0.1) is 12.7 Å². The van der Waals surface area contributed by atoms with Gasteiger partial charge in [0.05, 0.1) is 11.1 Å². The van der Waals surface area contributed by atoms with Gasteiger partial charge in [-0.25, -0.2) is 22.2 Å². The summed E-state index contributed by atoms with van der Waals surface area (Å²) < 4.78 is 41.3. The summed E-state index contributed by atoms with van der Waals surface area (Å²) in [6.07, 6.45) is 3.24. The van der Waals surface area contributed by atoms with Gasteiger partial charge in [0.1, 0.15) is 11.5 Å². The number of sulfonamides is 1. The molecule has 0 aliphatic heterocycles. The van der Waals surface area contributed by atoms with Gasteiger partial charge < -0.3 is 5.73 Å². The van der Waals surface area contributed by atoms with E-state index in [0.717, 1.165) is 11.6 Å². The molecule has 3 N–H and O–H groups in total. The zero-order valence-corrected chi connectivity index (χ0v) is 11.7. The van der Waals surface area contributed by atoms with E-state index in [0.29, 0.717) is 0 Å². The van der Waals surface area contributed by atoms with Gasteiger partial charge in [-0.1, -0.05) is 0 Å². The van der Waals surface area contributed by atoms with E-state index in [1.54, 1.807) is 12.4 Å². The molecule has 0 radical (unpaired) electrons. The number of rotatable bonds is 5. The van der Waals surface area contributed by atoms with Crippen LogP contribution in [0.15, 0.2) is 35.5 Å². The third kappa shape index (κ3) is 3.03. The standard InChI is InChI=1S/C12H15FN4O2S/c1-9-7-15-17(8-9)12-3-2-10(6-11(12)13)20(18,19)16-5-4-14/h2-3,6-8,16H,4-5,14H2,1H3. The molecule has 0 saturated carbocycles. The van der Waals surface area contributed by atoms with Gasteiger partial charge in [-0.3, -0.25) is 0 Å². The summed E-state index contributed by atoms with van der Waals surface area (Å²) in [5.41, 5.74) is 6.30. The van der Waals surface area contributed by atoms with Crippen LogP contribution in [0.1, 0.15) is 5.56 Å². The van der Waals surface area contributed by atoms with Crippen molar-refractivity contribution in [3.8, 4) is 5.69 Å². The van der Waals surface area contributed by atoms with Gasteiger partial charge in [0, 0.05) is 19.3 Å². The molecule has 0 saturated heterocycles. The molecule has 2 rings (SSSR count). The monoisotopic (exact) mass is 298 g/mol. The molecule has 0 fully saturated rings. The molecular formula is C12H15FN4O2S. The molecule has 0 aliphatic rings. The summed E-state index contributed by atoms with van der Waals surface area (Å²) in [4.78, 5) is -0.143. The lowest BCUT2D eigenvalue weighted by atomic mass is 10.3. The smallest absolute Gasteiger partial charge is 0.240 e. The van der Waals surface area contributed by atoms with E-state index in [1.165, 1.54) is 16.8 Å². The molecule has 6 nitrogen and oxygen atoms in total. The van der Waals surface area contributed by atoms with Crippen molar-refractivity contribution in [2.24, 2.45) is 5.73 Å². The molecule has 0 bridgehead atoms. The quantitative estimate of drug-likeness (QED) is 0.844. The Kier molecular flexibility index (Phi) is 4.17. The van der Waals surface area contributed by atoms with Crippen LogP contribution in [0.25, 0.3) is 5.69 Å². The van der Waals surface area contributed by atoms with Crippen molar-refractivity contribution in [2.45, 2.75) is 11.8 Å². The van der Waals surface area contributed by atoms with Crippen molar-refractivity contribution in [1.29, 1.82) is 0 Å². The molecule has 1 heterocycles. The van der Waals surface area contributed by atoms with Gasteiger partial charge in [0.2, 0.25) is 10.0 Å². The third-order valence-electron chi connectivity index (χ3n) is 2.62. The fraction of sp³-hybridized carbons (Fsp3) is 0.250. The van der Waals surface area contributed by atoms with Gasteiger partial charge in [0.25, 0.3) is 0 Å². The molecule has 8 heteroatoms. The minimum atomic E-state index is -3.74. The largest absolute Gasteiger partial charge is 0.329 e. The van der Waals surface area contributed by atoms with Crippen LogP contribution in [0.2, 0.25) is 0 Å². The first-order chi connectivity index (χ1) is 9.44. The maximum absolute atomic E-state index is 14.0. The van der Waals surface area contributed by atoms with Crippen LogP contribution >= 0.6 is 0 Å². The highest BCUT2D eigenvalue weighted by molar-refractivity contribution is 7.89. The molecule has 108 valence electrons. The van der Waals surface area contributed by atoms with Crippen LogP contribution in [0.4, 0.5) is 4.39 Å². The molecule has 20 heavy (non-hydrogen) atoms. The maximum atomic E-state index is 14.0. The molecule has 2 aromatic rings. The molecule has 1 aromatic carbocycles. The van der Waals surface area contributed by atoms with Crippen LogP contribution in [0.5, 0.6) is 0 Å². The first kappa shape index (κ1) is 14.6. The first-order valence-electron chi connectivity index (χ1n) is 5.95. The summed E-state index contributed by atoms with van der Waals surface area (Å²) >= 11 is 0. The van der Waals surface area contributed by atoms with Gasteiger partial charge >= 0.3 is 0 Å². The number of halogens is 1. The highest BCUT2D eigenvalue weighted by Crippen LogP contribution is 2.18. The Morgan fingerprint density at radius 1 is 1.45 bits per heavy atom. The second-order valence-corrected chi connectivity index (χ2v) is 6.03. The second-order valence-electron chi connectivity index (χ2n) is 4.26. The average molecular weight is 298 g/mol. The summed E-state index contributed by atoms with van der Waals surface area (Å²) in [5.74, 6) is -0.663. The fourth-order valence-electron chi connectivity index (χ4n) is 1.66. The summed E-state index contributed by atoms with van der Waals surface area (Å²) in [7, 11) is -3.74. The predicted molar refractivity (Wildman–Crippen MR) is 72.5 cm³/mol. The minimum Gasteiger partial charge on any atom is -0.329 e. The number of hydrogen-bond donors (Lipinski definition) is 2. The number of nitrogens with zero attached hydrogens (tertiary/aromatic N) is 2.